The Balaban J connectivity index is 0.00000481. The highest BCUT2D eigenvalue weighted by molar-refractivity contribution is 5.95. The molecule has 0 aromatic heterocycles. The lowest BCUT2D eigenvalue weighted by Gasteiger charge is -2.41. The van der Waals surface area contributed by atoms with E-state index in [-0.39, 0.29) is 44.7 Å². The molecule has 0 N–H and O–H groups in total. The van der Waals surface area contributed by atoms with E-state index >= 15 is 0 Å². The molecule has 0 spiro atoms. The number of carbonyl (C=O) groups is 2. The van der Waals surface area contributed by atoms with Crippen molar-refractivity contribution in [3.63, 3.8) is 0 Å². The topological polar surface area (TPSA) is 49.9 Å². The molecule has 2 aromatic carbocycles. The van der Waals surface area contributed by atoms with Gasteiger partial charge in [0, 0.05) is 31.2 Å². The summed E-state index contributed by atoms with van der Waals surface area (Å²) in [5.74, 6) is -1.43. The SMILES string of the molecule is COC(=O)CN1CCN(C(=O)c2cc(C(F)(F)F)cc(C(F)(F)F)c2)[C@H](Cc2ccc(C)c(C)c2)C1.Cl. The van der Waals surface area contributed by atoms with Gasteiger partial charge in [0.15, 0.2) is 0 Å². The highest BCUT2D eigenvalue weighted by Gasteiger charge is 2.39. The van der Waals surface area contributed by atoms with Crippen LogP contribution in [-0.2, 0) is 28.3 Å². The summed E-state index contributed by atoms with van der Waals surface area (Å²) in [6.07, 6.45) is -9.82. The van der Waals surface area contributed by atoms with Crippen LogP contribution in [0.4, 0.5) is 26.3 Å². The Morgan fingerprint density at radius 2 is 1.51 bits per heavy atom. The zero-order valence-corrected chi connectivity index (χ0v) is 21.2. The van der Waals surface area contributed by atoms with Crippen molar-refractivity contribution in [1.82, 2.24) is 9.80 Å². The molecule has 3 rings (SSSR count). The second-order valence-electron chi connectivity index (χ2n) is 8.88. The number of aryl methyl sites for hydroxylation is 2. The van der Waals surface area contributed by atoms with Gasteiger partial charge in [-0.05, 0) is 55.2 Å². The van der Waals surface area contributed by atoms with E-state index < -0.39 is 47.0 Å². The molecule has 204 valence electrons. The predicted molar refractivity (Wildman–Crippen MR) is 127 cm³/mol. The van der Waals surface area contributed by atoms with E-state index in [0.717, 1.165) is 16.7 Å². The van der Waals surface area contributed by atoms with E-state index in [2.05, 4.69) is 0 Å². The average molecular weight is 553 g/mol. The zero-order valence-electron chi connectivity index (χ0n) is 20.4. The first kappa shape index (κ1) is 30.4. The van der Waals surface area contributed by atoms with Crippen LogP contribution in [0.25, 0.3) is 0 Å². The fourth-order valence-electron chi connectivity index (χ4n) is 4.20. The maximum absolute atomic E-state index is 13.3. The van der Waals surface area contributed by atoms with Crippen LogP contribution in [0.2, 0.25) is 0 Å². The number of halogens is 7. The van der Waals surface area contributed by atoms with Gasteiger partial charge in [-0.3, -0.25) is 14.5 Å². The lowest BCUT2D eigenvalue weighted by atomic mass is 9.97. The maximum Gasteiger partial charge on any atom is 0.416 e. The normalized spacial score (nSPS) is 16.8. The van der Waals surface area contributed by atoms with Gasteiger partial charge >= 0.3 is 18.3 Å². The third-order valence-corrected chi connectivity index (χ3v) is 6.29. The summed E-state index contributed by atoms with van der Waals surface area (Å²) in [5, 5.41) is 0. The van der Waals surface area contributed by atoms with Gasteiger partial charge in [0.05, 0.1) is 24.8 Å². The summed E-state index contributed by atoms with van der Waals surface area (Å²) in [5.41, 5.74) is -0.887. The van der Waals surface area contributed by atoms with Crippen molar-refractivity contribution >= 4 is 24.3 Å². The number of hydrogen-bond acceptors (Lipinski definition) is 4. The number of alkyl halides is 6. The molecule has 1 aliphatic heterocycles. The van der Waals surface area contributed by atoms with E-state index in [4.69, 9.17) is 4.74 Å². The zero-order chi connectivity index (χ0) is 26.8. The first-order valence-corrected chi connectivity index (χ1v) is 11.1. The summed E-state index contributed by atoms with van der Waals surface area (Å²) in [4.78, 5) is 28.2. The molecular formula is C25H27ClF6N2O3. The Morgan fingerprint density at radius 1 is 0.919 bits per heavy atom. The number of methoxy groups -OCH3 is 1. The van der Waals surface area contributed by atoms with Crippen molar-refractivity contribution < 1.29 is 40.7 Å². The van der Waals surface area contributed by atoms with Crippen LogP contribution in [-0.4, -0.2) is 61.0 Å². The maximum atomic E-state index is 13.3. The lowest BCUT2D eigenvalue weighted by Crippen LogP contribution is -2.56. The molecule has 37 heavy (non-hydrogen) atoms. The quantitative estimate of drug-likeness (QED) is 0.373. The molecule has 1 atom stereocenters. The second-order valence-corrected chi connectivity index (χ2v) is 8.88. The van der Waals surface area contributed by atoms with Gasteiger partial charge in [-0.25, -0.2) is 0 Å². The molecule has 0 saturated carbocycles. The molecule has 0 radical (unpaired) electrons. The summed E-state index contributed by atoms with van der Waals surface area (Å²) in [7, 11) is 1.24. The molecule has 1 aliphatic rings. The van der Waals surface area contributed by atoms with Crippen LogP contribution in [0.5, 0.6) is 0 Å². The van der Waals surface area contributed by atoms with Gasteiger partial charge in [-0.1, -0.05) is 18.2 Å². The number of ether oxygens (including phenoxy) is 1. The highest BCUT2D eigenvalue weighted by Crippen LogP contribution is 2.37. The Labute approximate surface area is 216 Å². The number of hydrogen-bond donors (Lipinski definition) is 0. The average Bonchev–Trinajstić information content (AvgIpc) is 2.79. The Bertz CT molecular complexity index is 1100. The smallest absolute Gasteiger partial charge is 0.416 e. The third kappa shape index (κ3) is 7.61. The van der Waals surface area contributed by atoms with Crippen molar-refractivity contribution in [2.75, 3.05) is 33.3 Å². The highest BCUT2D eigenvalue weighted by atomic mass is 35.5. The standard InChI is InChI=1S/C25H26F6N2O3.ClH/c1-15-4-5-17(8-16(15)2)9-21-13-32(14-22(34)36-3)6-7-33(21)23(35)18-10-19(24(26,27)28)12-20(11-18)25(29,30)31;/h4-5,8,10-12,21H,6-7,9,13-14H2,1-3H3;1H/t21-;/m1./s1. The summed E-state index contributed by atoms with van der Waals surface area (Å²) in [6.45, 7) is 4.20. The van der Waals surface area contributed by atoms with Crippen molar-refractivity contribution in [2.45, 2.75) is 38.7 Å². The number of esters is 1. The summed E-state index contributed by atoms with van der Waals surface area (Å²) < 4.78 is 84.7. The fourth-order valence-corrected chi connectivity index (χ4v) is 4.20. The van der Waals surface area contributed by atoms with Crippen molar-refractivity contribution in [3.8, 4) is 0 Å². The van der Waals surface area contributed by atoms with Gasteiger partial charge in [-0.15, -0.1) is 12.4 Å². The largest absolute Gasteiger partial charge is 0.468 e. The minimum absolute atomic E-state index is 0. The summed E-state index contributed by atoms with van der Waals surface area (Å²) in [6, 6.07) is 5.98. The Hall–Kier alpha value is -2.79. The lowest BCUT2D eigenvalue weighted by molar-refractivity contribution is -0.143. The van der Waals surface area contributed by atoms with Crippen molar-refractivity contribution in [2.24, 2.45) is 0 Å². The number of benzene rings is 2. The number of carbonyl (C=O) groups excluding carboxylic acids is 2. The number of amides is 1. The van der Waals surface area contributed by atoms with E-state index in [9.17, 15) is 35.9 Å². The molecule has 1 fully saturated rings. The van der Waals surface area contributed by atoms with E-state index in [1.54, 1.807) is 4.90 Å². The minimum atomic E-state index is -5.06. The monoisotopic (exact) mass is 552 g/mol. The second kappa shape index (κ2) is 11.7. The fraction of sp³-hybridized carbons (Fsp3) is 0.440. The molecular weight excluding hydrogens is 526 g/mol. The predicted octanol–water partition coefficient (Wildman–Crippen LogP) is 5.30. The van der Waals surface area contributed by atoms with Crippen LogP contribution >= 0.6 is 12.4 Å². The first-order valence-electron chi connectivity index (χ1n) is 11.1. The van der Waals surface area contributed by atoms with Crippen molar-refractivity contribution in [3.05, 3.63) is 69.8 Å². The third-order valence-electron chi connectivity index (χ3n) is 6.29. The van der Waals surface area contributed by atoms with Gasteiger partial charge in [0.2, 0.25) is 0 Å². The van der Waals surface area contributed by atoms with Gasteiger partial charge < -0.3 is 9.64 Å². The van der Waals surface area contributed by atoms with Crippen LogP contribution in [0.3, 0.4) is 0 Å². The molecule has 1 saturated heterocycles. The molecule has 5 nitrogen and oxygen atoms in total. The molecule has 0 aliphatic carbocycles. The van der Waals surface area contributed by atoms with E-state index in [1.807, 2.05) is 32.0 Å². The van der Waals surface area contributed by atoms with Crippen LogP contribution < -0.4 is 0 Å². The van der Waals surface area contributed by atoms with E-state index in [1.165, 1.54) is 12.0 Å². The van der Waals surface area contributed by atoms with Crippen molar-refractivity contribution in [1.29, 1.82) is 0 Å². The van der Waals surface area contributed by atoms with Crippen LogP contribution in [0.15, 0.2) is 36.4 Å². The Kier molecular flexibility index (Phi) is 9.64. The number of piperazine rings is 1. The van der Waals surface area contributed by atoms with Gasteiger partial charge in [-0.2, -0.15) is 26.3 Å². The van der Waals surface area contributed by atoms with Crippen LogP contribution in [0, 0.1) is 13.8 Å². The number of nitrogens with zero attached hydrogens (tertiary/aromatic N) is 2. The number of rotatable bonds is 5. The van der Waals surface area contributed by atoms with E-state index in [0.29, 0.717) is 18.6 Å². The molecule has 12 heteroatoms. The molecule has 0 bridgehead atoms. The Morgan fingerprint density at radius 3 is 2.03 bits per heavy atom. The minimum Gasteiger partial charge on any atom is -0.468 e. The molecule has 1 amide bonds. The van der Waals surface area contributed by atoms with Gasteiger partial charge in [0.1, 0.15) is 0 Å². The molecule has 1 heterocycles. The van der Waals surface area contributed by atoms with Gasteiger partial charge in [0.25, 0.3) is 5.91 Å². The summed E-state index contributed by atoms with van der Waals surface area (Å²) >= 11 is 0. The molecule has 0 unspecified atom stereocenters. The molecule has 2 aromatic rings. The first-order chi connectivity index (χ1) is 16.7. The van der Waals surface area contributed by atoms with Crippen LogP contribution in [0.1, 0.15) is 38.2 Å².